The SMILES string of the molecule is CS(=O)(=O)c1ccc(Nc2nc(Cl)ncc2F)cc1. The molecule has 0 aliphatic rings. The highest BCUT2D eigenvalue weighted by Gasteiger charge is 2.08. The van der Waals surface area contributed by atoms with Crippen LogP contribution in [0.3, 0.4) is 0 Å². The fourth-order valence-electron chi connectivity index (χ4n) is 1.36. The second kappa shape index (κ2) is 5.10. The van der Waals surface area contributed by atoms with Gasteiger partial charge in [0.15, 0.2) is 21.5 Å². The fourth-order valence-corrected chi connectivity index (χ4v) is 2.12. The third kappa shape index (κ3) is 3.39. The summed E-state index contributed by atoms with van der Waals surface area (Å²) in [5, 5.41) is 2.60. The van der Waals surface area contributed by atoms with E-state index in [4.69, 9.17) is 11.6 Å². The first-order chi connectivity index (χ1) is 8.86. The Morgan fingerprint density at radius 2 is 1.89 bits per heavy atom. The molecule has 0 aliphatic carbocycles. The average Bonchev–Trinajstić information content (AvgIpc) is 2.33. The Morgan fingerprint density at radius 3 is 2.47 bits per heavy atom. The molecule has 0 unspecified atom stereocenters. The molecule has 0 atom stereocenters. The molecule has 0 saturated heterocycles. The normalized spacial score (nSPS) is 11.3. The first-order valence-corrected chi connectivity index (χ1v) is 7.38. The Balaban J connectivity index is 2.27. The minimum absolute atomic E-state index is 0.0768. The minimum Gasteiger partial charge on any atom is -0.338 e. The number of rotatable bonds is 3. The van der Waals surface area contributed by atoms with Crippen LogP contribution < -0.4 is 5.32 Å². The summed E-state index contributed by atoms with van der Waals surface area (Å²) in [7, 11) is -3.26. The molecule has 1 heterocycles. The number of hydrogen-bond acceptors (Lipinski definition) is 5. The van der Waals surface area contributed by atoms with Crippen LogP contribution in [-0.4, -0.2) is 24.6 Å². The zero-order valence-electron chi connectivity index (χ0n) is 9.76. The molecule has 0 radical (unpaired) electrons. The van der Waals surface area contributed by atoms with Crippen molar-refractivity contribution in [3.05, 3.63) is 41.6 Å². The number of benzene rings is 1. The molecule has 0 spiro atoms. The maximum Gasteiger partial charge on any atom is 0.224 e. The van der Waals surface area contributed by atoms with Gasteiger partial charge in [-0.1, -0.05) is 0 Å². The molecule has 1 aromatic carbocycles. The standard InChI is InChI=1S/C11H9ClFN3O2S/c1-19(17,18)8-4-2-7(3-5-8)15-10-9(13)6-14-11(12)16-10/h2-6H,1H3,(H,14,15,16). The number of nitrogens with one attached hydrogen (secondary N) is 1. The van der Waals surface area contributed by atoms with Crippen LogP contribution >= 0.6 is 11.6 Å². The molecule has 0 amide bonds. The van der Waals surface area contributed by atoms with Crippen molar-refractivity contribution >= 4 is 32.9 Å². The minimum atomic E-state index is -3.26. The number of hydrogen-bond donors (Lipinski definition) is 1. The van der Waals surface area contributed by atoms with Gasteiger partial charge in [-0.05, 0) is 35.9 Å². The van der Waals surface area contributed by atoms with E-state index in [1.807, 2.05) is 0 Å². The van der Waals surface area contributed by atoms with Crippen LogP contribution in [0.25, 0.3) is 0 Å². The third-order valence-corrected chi connectivity index (χ3v) is 3.57. The molecule has 1 N–H and O–H groups in total. The smallest absolute Gasteiger partial charge is 0.224 e. The predicted octanol–water partition coefficient (Wildman–Crippen LogP) is 2.42. The largest absolute Gasteiger partial charge is 0.338 e. The van der Waals surface area contributed by atoms with Crippen molar-refractivity contribution in [2.45, 2.75) is 4.90 Å². The fraction of sp³-hybridized carbons (Fsp3) is 0.0909. The monoisotopic (exact) mass is 301 g/mol. The summed E-state index contributed by atoms with van der Waals surface area (Å²) in [6, 6.07) is 5.84. The van der Waals surface area contributed by atoms with Crippen LogP contribution in [0.5, 0.6) is 0 Å². The zero-order valence-corrected chi connectivity index (χ0v) is 11.3. The van der Waals surface area contributed by atoms with Gasteiger partial charge in [0.2, 0.25) is 5.28 Å². The van der Waals surface area contributed by atoms with Gasteiger partial charge in [-0.15, -0.1) is 0 Å². The number of nitrogens with zero attached hydrogens (tertiary/aromatic N) is 2. The van der Waals surface area contributed by atoms with Crippen LogP contribution in [0.15, 0.2) is 35.4 Å². The lowest BCUT2D eigenvalue weighted by Crippen LogP contribution is -2.00. The van der Waals surface area contributed by atoms with Crippen molar-refractivity contribution in [2.24, 2.45) is 0 Å². The molecule has 1 aromatic heterocycles. The molecule has 19 heavy (non-hydrogen) atoms. The molecule has 2 rings (SSSR count). The van der Waals surface area contributed by atoms with Crippen LogP contribution in [0, 0.1) is 5.82 Å². The Morgan fingerprint density at radius 1 is 1.26 bits per heavy atom. The zero-order chi connectivity index (χ0) is 14.0. The number of anilines is 2. The van der Waals surface area contributed by atoms with Crippen molar-refractivity contribution in [2.75, 3.05) is 11.6 Å². The van der Waals surface area contributed by atoms with E-state index in [1.54, 1.807) is 0 Å². The van der Waals surface area contributed by atoms with Crippen LogP contribution in [0.1, 0.15) is 0 Å². The summed E-state index contributed by atoms with van der Waals surface area (Å²) in [5.41, 5.74) is 0.487. The van der Waals surface area contributed by atoms with Gasteiger partial charge in [-0.25, -0.2) is 17.8 Å². The maximum atomic E-state index is 13.4. The molecule has 0 aliphatic heterocycles. The highest BCUT2D eigenvalue weighted by molar-refractivity contribution is 7.90. The van der Waals surface area contributed by atoms with Crippen LogP contribution in [0.2, 0.25) is 5.28 Å². The molecule has 0 saturated carbocycles. The summed E-state index contributed by atoms with van der Waals surface area (Å²) < 4.78 is 35.9. The molecule has 0 bridgehead atoms. The Labute approximate surface area is 114 Å². The second-order valence-corrected chi connectivity index (χ2v) is 6.11. The Bertz CT molecular complexity index is 704. The molecule has 8 heteroatoms. The van der Waals surface area contributed by atoms with Gasteiger partial charge in [0.25, 0.3) is 0 Å². The molecule has 100 valence electrons. The number of aromatic nitrogens is 2. The predicted molar refractivity (Wildman–Crippen MR) is 69.8 cm³/mol. The van der Waals surface area contributed by atoms with E-state index in [1.165, 1.54) is 24.3 Å². The molecule has 5 nitrogen and oxygen atoms in total. The van der Waals surface area contributed by atoms with Gasteiger partial charge in [0.05, 0.1) is 11.1 Å². The topological polar surface area (TPSA) is 72.0 Å². The number of halogens is 2. The lowest BCUT2D eigenvalue weighted by atomic mass is 10.3. The van der Waals surface area contributed by atoms with Gasteiger partial charge in [-0.2, -0.15) is 4.98 Å². The van der Waals surface area contributed by atoms with E-state index < -0.39 is 15.7 Å². The summed E-state index contributed by atoms with van der Waals surface area (Å²) in [5.74, 6) is -0.733. The van der Waals surface area contributed by atoms with Gasteiger partial charge >= 0.3 is 0 Å². The van der Waals surface area contributed by atoms with Crippen molar-refractivity contribution in [3.63, 3.8) is 0 Å². The molecule has 0 fully saturated rings. The molecular formula is C11H9ClFN3O2S. The Kier molecular flexibility index (Phi) is 3.68. The Hall–Kier alpha value is -1.73. The molecule has 2 aromatic rings. The van der Waals surface area contributed by atoms with Gasteiger partial charge in [0.1, 0.15) is 0 Å². The van der Waals surface area contributed by atoms with Crippen LogP contribution in [0.4, 0.5) is 15.9 Å². The summed E-state index contributed by atoms with van der Waals surface area (Å²) in [6.45, 7) is 0. The highest BCUT2D eigenvalue weighted by atomic mass is 35.5. The van der Waals surface area contributed by atoms with E-state index in [9.17, 15) is 12.8 Å². The van der Waals surface area contributed by atoms with Crippen molar-refractivity contribution < 1.29 is 12.8 Å². The highest BCUT2D eigenvalue weighted by Crippen LogP contribution is 2.20. The maximum absolute atomic E-state index is 13.4. The first-order valence-electron chi connectivity index (χ1n) is 5.11. The first kappa shape index (κ1) is 13.7. The van der Waals surface area contributed by atoms with Gasteiger partial charge in [0, 0.05) is 11.9 Å². The third-order valence-electron chi connectivity index (χ3n) is 2.26. The van der Waals surface area contributed by atoms with Crippen molar-refractivity contribution in [1.82, 2.24) is 9.97 Å². The van der Waals surface area contributed by atoms with E-state index in [0.717, 1.165) is 12.5 Å². The van der Waals surface area contributed by atoms with E-state index in [-0.39, 0.29) is 16.0 Å². The lowest BCUT2D eigenvalue weighted by Gasteiger charge is -2.07. The summed E-state index contributed by atoms with van der Waals surface area (Å²) in [4.78, 5) is 7.36. The van der Waals surface area contributed by atoms with Crippen molar-refractivity contribution in [3.8, 4) is 0 Å². The van der Waals surface area contributed by atoms with E-state index in [0.29, 0.717) is 5.69 Å². The van der Waals surface area contributed by atoms with Crippen LogP contribution in [-0.2, 0) is 9.84 Å². The summed E-state index contributed by atoms with van der Waals surface area (Å²) in [6.07, 6.45) is 2.06. The average molecular weight is 302 g/mol. The van der Waals surface area contributed by atoms with E-state index in [2.05, 4.69) is 15.3 Å². The quantitative estimate of drug-likeness (QED) is 0.882. The second-order valence-electron chi connectivity index (χ2n) is 3.76. The lowest BCUT2D eigenvalue weighted by molar-refractivity contribution is 0.602. The number of sulfone groups is 1. The van der Waals surface area contributed by atoms with E-state index >= 15 is 0 Å². The summed E-state index contributed by atoms with van der Waals surface area (Å²) >= 11 is 5.56. The van der Waals surface area contributed by atoms with Gasteiger partial charge < -0.3 is 5.32 Å². The van der Waals surface area contributed by atoms with Crippen molar-refractivity contribution in [1.29, 1.82) is 0 Å². The van der Waals surface area contributed by atoms with Gasteiger partial charge in [-0.3, -0.25) is 0 Å². The molecular weight excluding hydrogens is 293 g/mol.